The normalized spacial score (nSPS) is 21.3. The van der Waals surface area contributed by atoms with E-state index in [-0.39, 0.29) is 25.5 Å². The van der Waals surface area contributed by atoms with Gasteiger partial charge in [0.15, 0.2) is 0 Å². The topological polar surface area (TPSA) is 67.8 Å². The SMILES string of the molecule is Cc1cc(C)cc(OCCC(=O)NCC2(O)CCOC2)c1. The summed E-state index contributed by atoms with van der Waals surface area (Å²) in [6.45, 7) is 5.40. The van der Waals surface area contributed by atoms with Crippen LogP contribution in [0.1, 0.15) is 24.0 Å². The molecule has 5 heteroatoms. The van der Waals surface area contributed by atoms with Crippen molar-refractivity contribution in [3.8, 4) is 5.75 Å². The van der Waals surface area contributed by atoms with Crippen molar-refractivity contribution >= 4 is 5.91 Å². The van der Waals surface area contributed by atoms with Crippen LogP contribution in [0.3, 0.4) is 0 Å². The first-order chi connectivity index (χ1) is 9.97. The van der Waals surface area contributed by atoms with Gasteiger partial charge in [0, 0.05) is 19.6 Å². The minimum atomic E-state index is -0.913. The molecule has 1 atom stereocenters. The predicted octanol–water partition coefficient (Wildman–Crippen LogP) is 1.34. The predicted molar refractivity (Wildman–Crippen MR) is 79.4 cm³/mol. The number of aliphatic hydroxyl groups is 1. The van der Waals surface area contributed by atoms with E-state index in [1.54, 1.807) is 0 Å². The third kappa shape index (κ3) is 5.02. The molecule has 1 heterocycles. The lowest BCUT2D eigenvalue weighted by atomic mass is 10.0. The molecule has 2 rings (SSSR count). The molecule has 1 aromatic rings. The zero-order chi connectivity index (χ0) is 15.3. The highest BCUT2D eigenvalue weighted by molar-refractivity contribution is 5.76. The third-order valence-corrected chi connectivity index (χ3v) is 3.49. The van der Waals surface area contributed by atoms with Crippen LogP contribution in [0.25, 0.3) is 0 Å². The molecule has 2 N–H and O–H groups in total. The Labute approximate surface area is 125 Å². The number of carbonyl (C=O) groups excluding carboxylic acids is 1. The quantitative estimate of drug-likeness (QED) is 0.830. The number of ether oxygens (including phenoxy) is 2. The fourth-order valence-electron chi connectivity index (χ4n) is 2.37. The maximum absolute atomic E-state index is 11.7. The van der Waals surface area contributed by atoms with E-state index in [9.17, 15) is 9.90 Å². The molecule has 0 saturated carbocycles. The first-order valence-electron chi connectivity index (χ1n) is 7.25. The van der Waals surface area contributed by atoms with Crippen LogP contribution in [-0.2, 0) is 9.53 Å². The first-order valence-corrected chi connectivity index (χ1v) is 7.25. The minimum Gasteiger partial charge on any atom is -0.493 e. The lowest BCUT2D eigenvalue weighted by Crippen LogP contribution is -2.43. The van der Waals surface area contributed by atoms with Gasteiger partial charge in [-0.3, -0.25) is 4.79 Å². The van der Waals surface area contributed by atoms with E-state index < -0.39 is 5.60 Å². The second-order valence-electron chi connectivity index (χ2n) is 5.73. The summed E-state index contributed by atoms with van der Waals surface area (Å²) in [6.07, 6.45) is 0.830. The number of rotatable bonds is 6. The molecule has 21 heavy (non-hydrogen) atoms. The third-order valence-electron chi connectivity index (χ3n) is 3.49. The van der Waals surface area contributed by atoms with Crippen LogP contribution in [0, 0.1) is 13.8 Å². The Hall–Kier alpha value is -1.59. The highest BCUT2D eigenvalue weighted by Crippen LogP contribution is 2.17. The first kappa shape index (κ1) is 15.8. The number of amides is 1. The molecule has 0 spiro atoms. The lowest BCUT2D eigenvalue weighted by Gasteiger charge is -2.20. The summed E-state index contributed by atoms with van der Waals surface area (Å²) >= 11 is 0. The van der Waals surface area contributed by atoms with Gasteiger partial charge >= 0.3 is 0 Å². The second kappa shape index (κ2) is 6.91. The average molecular weight is 293 g/mol. The number of aryl methyl sites for hydroxylation is 2. The monoisotopic (exact) mass is 293 g/mol. The van der Waals surface area contributed by atoms with Gasteiger partial charge in [-0.05, 0) is 37.1 Å². The van der Waals surface area contributed by atoms with Gasteiger partial charge < -0.3 is 19.9 Å². The molecule has 1 amide bonds. The largest absolute Gasteiger partial charge is 0.493 e. The standard InChI is InChI=1S/C16H23NO4/c1-12-7-13(2)9-14(8-12)21-5-3-15(18)17-10-16(19)4-6-20-11-16/h7-9,19H,3-6,10-11H2,1-2H3,(H,17,18). The van der Waals surface area contributed by atoms with Gasteiger partial charge in [0.25, 0.3) is 0 Å². The Balaban J connectivity index is 1.69. The van der Waals surface area contributed by atoms with Crippen molar-refractivity contribution in [1.29, 1.82) is 0 Å². The van der Waals surface area contributed by atoms with Gasteiger partial charge in [0.2, 0.25) is 5.91 Å². The molecule has 0 aromatic heterocycles. The van der Waals surface area contributed by atoms with Crippen molar-refractivity contribution in [2.24, 2.45) is 0 Å². The van der Waals surface area contributed by atoms with Crippen molar-refractivity contribution in [2.75, 3.05) is 26.4 Å². The number of nitrogens with one attached hydrogen (secondary N) is 1. The van der Waals surface area contributed by atoms with E-state index in [1.165, 1.54) is 0 Å². The lowest BCUT2D eigenvalue weighted by molar-refractivity contribution is -0.122. The molecule has 116 valence electrons. The highest BCUT2D eigenvalue weighted by Gasteiger charge is 2.32. The van der Waals surface area contributed by atoms with Crippen molar-refractivity contribution < 1.29 is 19.4 Å². The smallest absolute Gasteiger partial charge is 0.223 e. The maximum Gasteiger partial charge on any atom is 0.223 e. The maximum atomic E-state index is 11.7. The molecule has 1 saturated heterocycles. The zero-order valence-electron chi connectivity index (χ0n) is 12.6. The van der Waals surface area contributed by atoms with Gasteiger partial charge in [0.1, 0.15) is 11.4 Å². The Bertz CT molecular complexity index is 475. The summed E-state index contributed by atoms with van der Waals surface area (Å²) in [4.78, 5) is 11.7. The van der Waals surface area contributed by atoms with Crippen LogP contribution in [0.4, 0.5) is 0 Å². The summed E-state index contributed by atoms with van der Waals surface area (Å²) in [5, 5.41) is 12.8. The van der Waals surface area contributed by atoms with Crippen molar-refractivity contribution in [1.82, 2.24) is 5.32 Å². The van der Waals surface area contributed by atoms with Crippen molar-refractivity contribution in [3.05, 3.63) is 29.3 Å². The molecular weight excluding hydrogens is 270 g/mol. The van der Waals surface area contributed by atoms with Gasteiger partial charge in [-0.15, -0.1) is 0 Å². The Morgan fingerprint density at radius 1 is 1.38 bits per heavy atom. The van der Waals surface area contributed by atoms with Crippen molar-refractivity contribution in [2.45, 2.75) is 32.3 Å². The van der Waals surface area contributed by atoms with Crippen LogP contribution in [0.15, 0.2) is 18.2 Å². The van der Waals surface area contributed by atoms with Crippen LogP contribution in [0.2, 0.25) is 0 Å². The van der Waals surface area contributed by atoms with Crippen molar-refractivity contribution in [3.63, 3.8) is 0 Å². The van der Waals surface area contributed by atoms with Gasteiger partial charge in [-0.2, -0.15) is 0 Å². The van der Waals surface area contributed by atoms with Gasteiger partial charge in [-0.1, -0.05) is 6.07 Å². The molecule has 0 aliphatic carbocycles. The highest BCUT2D eigenvalue weighted by atomic mass is 16.5. The number of carbonyl (C=O) groups is 1. The summed E-state index contributed by atoms with van der Waals surface area (Å²) in [5.74, 6) is 0.655. The van der Waals surface area contributed by atoms with E-state index in [1.807, 2.05) is 26.0 Å². The van der Waals surface area contributed by atoms with Crippen LogP contribution in [-0.4, -0.2) is 43.0 Å². The van der Waals surface area contributed by atoms with E-state index in [4.69, 9.17) is 9.47 Å². The number of hydrogen-bond donors (Lipinski definition) is 2. The summed E-state index contributed by atoms with van der Waals surface area (Å²) in [6, 6.07) is 5.97. The molecule has 1 aliphatic rings. The van der Waals surface area contributed by atoms with Crippen LogP contribution >= 0.6 is 0 Å². The summed E-state index contributed by atoms with van der Waals surface area (Å²) in [7, 11) is 0. The minimum absolute atomic E-state index is 0.125. The van der Waals surface area contributed by atoms with Gasteiger partial charge in [-0.25, -0.2) is 0 Å². The Morgan fingerprint density at radius 2 is 2.10 bits per heavy atom. The fourth-order valence-corrected chi connectivity index (χ4v) is 2.37. The van der Waals surface area contributed by atoms with Crippen LogP contribution in [0.5, 0.6) is 5.75 Å². The average Bonchev–Trinajstić information content (AvgIpc) is 2.83. The van der Waals surface area contributed by atoms with E-state index in [2.05, 4.69) is 11.4 Å². The Morgan fingerprint density at radius 3 is 2.71 bits per heavy atom. The molecule has 0 radical (unpaired) electrons. The molecule has 1 unspecified atom stereocenters. The molecule has 1 aliphatic heterocycles. The molecule has 1 fully saturated rings. The van der Waals surface area contributed by atoms with E-state index in [0.29, 0.717) is 19.6 Å². The zero-order valence-corrected chi connectivity index (χ0v) is 12.6. The Kier molecular flexibility index (Phi) is 5.20. The fraction of sp³-hybridized carbons (Fsp3) is 0.562. The van der Waals surface area contributed by atoms with Gasteiger partial charge in [0.05, 0.1) is 19.6 Å². The molecular formula is C16H23NO4. The summed E-state index contributed by atoms with van der Waals surface area (Å²) < 4.78 is 10.7. The second-order valence-corrected chi connectivity index (χ2v) is 5.73. The molecule has 0 bridgehead atoms. The van der Waals surface area contributed by atoms with E-state index >= 15 is 0 Å². The number of hydrogen-bond acceptors (Lipinski definition) is 4. The van der Waals surface area contributed by atoms with Crippen LogP contribution < -0.4 is 10.1 Å². The van der Waals surface area contributed by atoms with E-state index in [0.717, 1.165) is 16.9 Å². The molecule has 5 nitrogen and oxygen atoms in total. The molecule has 1 aromatic carbocycles. The summed E-state index contributed by atoms with van der Waals surface area (Å²) in [5.41, 5.74) is 1.36. The number of benzene rings is 1.